The highest BCUT2D eigenvalue weighted by Crippen LogP contribution is 2.16. The van der Waals surface area contributed by atoms with Gasteiger partial charge < -0.3 is 10.0 Å². The molecule has 0 radical (unpaired) electrons. The van der Waals surface area contributed by atoms with Gasteiger partial charge in [0, 0.05) is 19.7 Å². The van der Waals surface area contributed by atoms with E-state index in [9.17, 15) is 4.79 Å². The molecule has 0 spiro atoms. The molecule has 1 rings (SSSR count). The van der Waals surface area contributed by atoms with Gasteiger partial charge in [-0.15, -0.1) is 0 Å². The number of carbonyl (C=O) groups is 1. The second kappa shape index (κ2) is 4.82. The molecule has 0 bridgehead atoms. The Labute approximate surface area is 80.9 Å². The molecule has 4 heteroatoms. The molecular formula is C8H14BrNO2. The van der Waals surface area contributed by atoms with Gasteiger partial charge in [0.05, 0.1) is 5.33 Å². The van der Waals surface area contributed by atoms with Crippen LogP contribution in [0.15, 0.2) is 0 Å². The summed E-state index contributed by atoms with van der Waals surface area (Å²) in [5.74, 6) is 0.566. The van der Waals surface area contributed by atoms with Crippen molar-refractivity contribution in [1.29, 1.82) is 0 Å². The number of alkyl halides is 1. The molecule has 1 amide bonds. The molecule has 0 aromatic carbocycles. The van der Waals surface area contributed by atoms with Crippen LogP contribution in [0.1, 0.15) is 12.8 Å². The van der Waals surface area contributed by atoms with E-state index in [0.29, 0.717) is 11.2 Å². The first-order valence-corrected chi connectivity index (χ1v) is 5.34. The van der Waals surface area contributed by atoms with Gasteiger partial charge in [0.15, 0.2) is 0 Å². The van der Waals surface area contributed by atoms with E-state index in [4.69, 9.17) is 5.11 Å². The van der Waals surface area contributed by atoms with Crippen LogP contribution in [0.25, 0.3) is 0 Å². The molecule has 0 atom stereocenters. The monoisotopic (exact) mass is 235 g/mol. The van der Waals surface area contributed by atoms with Gasteiger partial charge in [0.2, 0.25) is 5.91 Å². The van der Waals surface area contributed by atoms with Crippen molar-refractivity contribution in [3.63, 3.8) is 0 Å². The minimum absolute atomic E-state index is 0.159. The highest BCUT2D eigenvalue weighted by molar-refractivity contribution is 9.09. The van der Waals surface area contributed by atoms with Crippen LogP contribution >= 0.6 is 15.9 Å². The second-order valence-electron chi connectivity index (χ2n) is 3.14. The molecule has 0 saturated carbocycles. The maximum Gasteiger partial charge on any atom is 0.233 e. The van der Waals surface area contributed by atoms with E-state index in [1.165, 1.54) is 0 Å². The Morgan fingerprint density at radius 3 is 2.50 bits per heavy atom. The molecule has 3 nitrogen and oxygen atoms in total. The van der Waals surface area contributed by atoms with Gasteiger partial charge in [-0.25, -0.2) is 0 Å². The Bertz CT molecular complexity index is 155. The van der Waals surface area contributed by atoms with Gasteiger partial charge in [-0.05, 0) is 18.8 Å². The smallest absolute Gasteiger partial charge is 0.233 e. The summed E-state index contributed by atoms with van der Waals surface area (Å²) in [5.41, 5.74) is 0. The van der Waals surface area contributed by atoms with Crippen molar-refractivity contribution in [3.05, 3.63) is 0 Å². The van der Waals surface area contributed by atoms with Crippen molar-refractivity contribution in [3.8, 4) is 0 Å². The van der Waals surface area contributed by atoms with E-state index in [1.807, 2.05) is 4.90 Å². The standard InChI is InChI=1S/C8H14BrNO2/c9-5-8(12)10-3-1-7(6-11)2-4-10/h7,11H,1-6H2. The SMILES string of the molecule is O=C(CBr)N1CCC(CO)CC1. The average Bonchev–Trinajstić information content (AvgIpc) is 2.17. The Kier molecular flexibility index (Phi) is 4.01. The van der Waals surface area contributed by atoms with E-state index in [-0.39, 0.29) is 12.5 Å². The van der Waals surface area contributed by atoms with Crippen LogP contribution in [-0.4, -0.2) is 40.9 Å². The van der Waals surface area contributed by atoms with Gasteiger partial charge in [0.1, 0.15) is 0 Å². The molecule has 1 aliphatic rings. The topological polar surface area (TPSA) is 40.5 Å². The summed E-state index contributed by atoms with van der Waals surface area (Å²) in [6.45, 7) is 1.86. The zero-order valence-corrected chi connectivity index (χ0v) is 8.59. The molecule has 0 unspecified atom stereocenters. The van der Waals surface area contributed by atoms with Crippen LogP contribution in [0.3, 0.4) is 0 Å². The Hall–Kier alpha value is -0.0900. The van der Waals surface area contributed by atoms with Crippen molar-refractivity contribution < 1.29 is 9.90 Å². The van der Waals surface area contributed by atoms with E-state index in [0.717, 1.165) is 25.9 Å². The first-order chi connectivity index (χ1) is 5.77. The fourth-order valence-corrected chi connectivity index (χ4v) is 1.80. The highest BCUT2D eigenvalue weighted by atomic mass is 79.9. The van der Waals surface area contributed by atoms with E-state index >= 15 is 0 Å². The molecule has 70 valence electrons. The number of likely N-dealkylation sites (tertiary alicyclic amines) is 1. The number of hydrogen-bond acceptors (Lipinski definition) is 2. The van der Waals surface area contributed by atoms with Crippen LogP contribution in [-0.2, 0) is 4.79 Å². The number of aliphatic hydroxyl groups excluding tert-OH is 1. The molecule has 1 fully saturated rings. The van der Waals surface area contributed by atoms with Crippen molar-refractivity contribution in [2.24, 2.45) is 5.92 Å². The van der Waals surface area contributed by atoms with Gasteiger partial charge in [-0.3, -0.25) is 4.79 Å². The fraction of sp³-hybridized carbons (Fsp3) is 0.875. The molecule has 0 aromatic rings. The van der Waals surface area contributed by atoms with Crippen LogP contribution in [0.5, 0.6) is 0 Å². The predicted molar refractivity (Wildman–Crippen MR) is 50.2 cm³/mol. The lowest BCUT2D eigenvalue weighted by Crippen LogP contribution is -2.39. The zero-order valence-electron chi connectivity index (χ0n) is 7.00. The van der Waals surface area contributed by atoms with Crippen LogP contribution in [0.4, 0.5) is 0 Å². The lowest BCUT2D eigenvalue weighted by Gasteiger charge is -2.30. The van der Waals surface area contributed by atoms with Gasteiger partial charge in [0.25, 0.3) is 0 Å². The minimum atomic E-state index is 0.159. The quantitative estimate of drug-likeness (QED) is 0.714. The van der Waals surface area contributed by atoms with Crippen LogP contribution in [0, 0.1) is 5.92 Å². The van der Waals surface area contributed by atoms with E-state index < -0.39 is 0 Å². The summed E-state index contributed by atoms with van der Waals surface area (Å²) in [4.78, 5) is 13.0. The third-order valence-electron chi connectivity index (χ3n) is 2.34. The predicted octanol–water partition coefficient (Wildman–Crippen LogP) is 0.612. The minimum Gasteiger partial charge on any atom is -0.396 e. The third-order valence-corrected chi connectivity index (χ3v) is 2.82. The number of amides is 1. The number of carbonyl (C=O) groups excluding carboxylic acids is 1. The molecule has 1 N–H and O–H groups in total. The third kappa shape index (κ3) is 2.45. The van der Waals surface area contributed by atoms with Crippen LogP contribution < -0.4 is 0 Å². The Morgan fingerprint density at radius 2 is 2.08 bits per heavy atom. The Morgan fingerprint density at radius 1 is 1.50 bits per heavy atom. The number of nitrogens with zero attached hydrogens (tertiary/aromatic N) is 1. The molecule has 1 heterocycles. The summed E-state index contributed by atoms with van der Waals surface area (Å²) < 4.78 is 0. The summed E-state index contributed by atoms with van der Waals surface area (Å²) in [5, 5.41) is 9.27. The van der Waals surface area contributed by atoms with Crippen LogP contribution in [0.2, 0.25) is 0 Å². The van der Waals surface area contributed by atoms with Crippen molar-refractivity contribution >= 4 is 21.8 Å². The lowest BCUT2D eigenvalue weighted by atomic mass is 9.98. The normalized spacial score (nSPS) is 19.7. The number of hydrogen-bond donors (Lipinski definition) is 1. The molecule has 12 heavy (non-hydrogen) atoms. The van der Waals surface area contributed by atoms with Crippen molar-refractivity contribution in [2.45, 2.75) is 12.8 Å². The van der Waals surface area contributed by atoms with Crippen molar-refractivity contribution in [2.75, 3.05) is 25.0 Å². The second-order valence-corrected chi connectivity index (χ2v) is 3.70. The maximum atomic E-state index is 11.2. The first kappa shape index (κ1) is 9.99. The largest absolute Gasteiger partial charge is 0.396 e. The lowest BCUT2D eigenvalue weighted by molar-refractivity contribution is -0.129. The fourth-order valence-electron chi connectivity index (χ4n) is 1.45. The summed E-state index contributed by atoms with van der Waals surface area (Å²) in [7, 11) is 0. The molecule has 0 aromatic heterocycles. The van der Waals surface area contributed by atoms with E-state index in [2.05, 4.69) is 15.9 Å². The number of aliphatic hydroxyl groups is 1. The number of halogens is 1. The number of rotatable bonds is 2. The van der Waals surface area contributed by atoms with Gasteiger partial charge in [-0.1, -0.05) is 15.9 Å². The van der Waals surface area contributed by atoms with E-state index in [1.54, 1.807) is 0 Å². The molecular weight excluding hydrogens is 222 g/mol. The highest BCUT2D eigenvalue weighted by Gasteiger charge is 2.20. The Balaban J connectivity index is 2.30. The van der Waals surface area contributed by atoms with Gasteiger partial charge >= 0.3 is 0 Å². The maximum absolute atomic E-state index is 11.2. The number of piperidine rings is 1. The molecule has 1 saturated heterocycles. The molecule has 0 aliphatic carbocycles. The zero-order chi connectivity index (χ0) is 8.97. The summed E-state index contributed by atoms with van der Waals surface area (Å²) in [6.07, 6.45) is 1.88. The summed E-state index contributed by atoms with van der Waals surface area (Å²) in [6, 6.07) is 0. The average molecular weight is 236 g/mol. The van der Waals surface area contributed by atoms with Crippen molar-refractivity contribution in [1.82, 2.24) is 4.90 Å². The first-order valence-electron chi connectivity index (χ1n) is 4.22. The summed E-state index contributed by atoms with van der Waals surface area (Å²) >= 11 is 3.14. The molecule has 1 aliphatic heterocycles. The van der Waals surface area contributed by atoms with Gasteiger partial charge in [-0.2, -0.15) is 0 Å².